The number of rotatable bonds is 2. The number of carbonyl (C=O) groups excluding carboxylic acids is 1. The van der Waals surface area contributed by atoms with E-state index in [9.17, 15) is 4.79 Å². The van der Waals surface area contributed by atoms with Gasteiger partial charge in [-0.25, -0.2) is 0 Å². The molecule has 1 aliphatic rings. The molecule has 1 aromatic carbocycles. The summed E-state index contributed by atoms with van der Waals surface area (Å²) in [5, 5.41) is 2.89. The Balaban J connectivity index is 2.35. The molecule has 80 valence electrons. The van der Waals surface area contributed by atoms with E-state index >= 15 is 0 Å². The normalized spacial score (nSPS) is 14.5. The van der Waals surface area contributed by atoms with Crippen molar-refractivity contribution in [1.82, 2.24) is 5.32 Å². The molecule has 0 bridgehead atoms. The van der Waals surface area contributed by atoms with Crippen molar-refractivity contribution >= 4 is 5.78 Å². The highest BCUT2D eigenvalue weighted by molar-refractivity contribution is 6.09. The van der Waals surface area contributed by atoms with Crippen LogP contribution in [-0.2, 0) is 0 Å². The summed E-state index contributed by atoms with van der Waals surface area (Å²) in [7, 11) is 0. The van der Waals surface area contributed by atoms with Crippen LogP contribution in [-0.4, -0.2) is 5.78 Å². The number of benzene rings is 1. The third-order valence-electron chi connectivity index (χ3n) is 2.26. The second-order valence-corrected chi connectivity index (χ2v) is 3.39. The van der Waals surface area contributed by atoms with Gasteiger partial charge in [0.15, 0.2) is 0 Å². The standard InChI is InChI=1S/C13H12N2O/c14-11-8-4-5-9-15-12(11)13(16)10-6-2-1-3-7-10/h1-9,15H,14H2. The molecule has 0 radical (unpaired) electrons. The zero-order valence-corrected chi connectivity index (χ0v) is 8.68. The van der Waals surface area contributed by atoms with Crippen molar-refractivity contribution in [2.24, 2.45) is 5.73 Å². The van der Waals surface area contributed by atoms with Crippen LogP contribution >= 0.6 is 0 Å². The Hall–Kier alpha value is -2.29. The van der Waals surface area contributed by atoms with Crippen LogP contribution in [0.4, 0.5) is 0 Å². The van der Waals surface area contributed by atoms with E-state index in [1.807, 2.05) is 18.2 Å². The predicted octanol–water partition coefficient (Wildman–Crippen LogP) is 1.71. The summed E-state index contributed by atoms with van der Waals surface area (Å²) < 4.78 is 0. The molecule has 2 rings (SSSR count). The molecule has 0 saturated heterocycles. The molecule has 3 N–H and O–H groups in total. The lowest BCUT2D eigenvalue weighted by Gasteiger charge is -2.07. The lowest BCUT2D eigenvalue weighted by atomic mass is 10.1. The lowest BCUT2D eigenvalue weighted by Crippen LogP contribution is -2.20. The third kappa shape index (κ3) is 2.03. The van der Waals surface area contributed by atoms with Crippen LogP contribution < -0.4 is 11.1 Å². The summed E-state index contributed by atoms with van der Waals surface area (Å²) in [5.74, 6) is -0.102. The van der Waals surface area contributed by atoms with Crippen molar-refractivity contribution in [2.75, 3.05) is 0 Å². The van der Waals surface area contributed by atoms with Gasteiger partial charge in [0.25, 0.3) is 0 Å². The minimum atomic E-state index is -0.102. The van der Waals surface area contributed by atoms with Gasteiger partial charge in [-0.1, -0.05) is 36.4 Å². The van der Waals surface area contributed by atoms with Crippen LogP contribution in [0.2, 0.25) is 0 Å². The van der Waals surface area contributed by atoms with Crippen molar-refractivity contribution in [1.29, 1.82) is 0 Å². The van der Waals surface area contributed by atoms with E-state index in [0.717, 1.165) is 0 Å². The fraction of sp³-hybridized carbons (Fsp3) is 0. The van der Waals surface area contributed by atoms with E-state index in [4.69, 9.17) is 5.73 Å². The van der Waals surface area contributed by atoms with Crippen molar-refractivity contribution < 1.29 is 4.79 Å². The first kappa shape index (κ1) is 10.2. The summed E-state index contributed by atoms with van der Waals surface area (Å²) in [6.45, 7) is 0. The summed E-state index contributed by atoms with van der Waals surface area (Å²) in [6.07, 6.45) is 6.96. The van der Waals surface area contributed by atoms with E-state index in [1.54, 1.807) is 36.6 Å². The van der Waals surface area contributed by atoms with Crippen LogP contribution in [0.3, 0.4) is 0 Å². The van der Waals surface area contributed by atoms with Gasteiger partial charge >= 0.3 is 0 Å². The first-order valence-electron chi connectivity index (χ1n) is 4.98. The molecule has 0 atom stereocenters. The van der Waals surface area contributed by atoms with Crippen molar-refractivity contribution in [3.63, 3.8) is 0 Å². The van der Waals surface area contributed by atoms with Gasteiger partial charge in [0, 0.05) is 11.8 Å². The number of nitrogens with two attached hydrogens (primary N) is 1. The second-order valence-electron chi connectivity index (χ2n) is 3.39. The molecule has 1 aliphatic heterocycles. The maximum Gasteiger partial charge on any atom is 0.211 e. The van der Waals surface area contributed by atoms with E-state index in [0.29, 0.717) is 17.0 Å². The SMILES string of the molecule is NC1=C(C(=O)c2ccccc2)NC=CC=C1. The number of ketones is 1. The number of carbonyl (C=O) groups is 1. The number of allylic oxidation sites excluding steroid dienone is 4. The van der Waals surface area contributed by atoms with Gasteiger partial charge in [-0.3, -0.25) is 4.79 Å². The molecular weight excluding hydrogens is 200 g/mol. The smallest absolute Gasteiger partial charge is 0.211 e. The van der Waals surface area contributed by atoms with E-state index < -0.39 is 0 Å². The molecule has 3 nitrogen and oxygen atoms in total. The fourth-order valence-corrected chi connectivity index (χ4v) is 1.44. The van der Waals surface area contributed by atoms with Crippen LogP contribution in [0.1, 0.15) is 10.4 Å². The zero-order chi connectivity index (χ0) is 11.4. The van der Waals surface area contributed by atoms with Crippen LogP contribution in [0, 0.1) is 0 Å². The van der Waals surface area contributed by atoms with Crippen molar-refractivity contribution in [2.45, 2.75) is 0 Å². The average molecular weight is 212 g/mol. The summed E-state index contributed by atoms with van der Waals surface area (Å²) in [5.41, 5.74) is 7.27. The minimum Gasteiger partial charge on any atom is -0.397 e. The number of hydrogen-bond acceptors (Lipinski definition) is 3. The summed E-state index contributed by atoms with van der Waals surface area (Å²) in [6, 6.07) is 9.05. The highest BCUT2D eigenvalue weighted by Gasteiger charge is 2.14. The number of hydrogen-bond donors (Lipinski definition) is 2. The van der Waals surface area contributed by atoms with E-state index in [-0.39, 0.29) is 5.78 Å². The number of Topliss-reactive ketones (excluding diaryl/α,β-unsaturated/α-hetero) is 1. The van der Waals surface area contributed by atoms with Crippen molar-refractivity contribution in [3.05, 3.63) is 71.7 Å². The molecule has 0 unspecified atom stereocenters. The maximum absolute atomic E-state index is 12.1. The average Bonchev–Trinajstić information content (AvgIpc) is 2.54. The second kappa shape index (κ2) is 4.49. The van der Waals surface area contributed by atoms with Crippen LogP contribution in [0.5, 0.6) is 0 Å². The Labute approximate surface area is 94.0 Å². The Morgan fingerprint density at radius 3 is 2.62 bits per heavy atom. The van der Waals surface area contributed by atoms with E-state index in [1.165, 1.54) is 0 Å². The summed E-state index contributed by atoms with van der Waals surface area (Å²) in [4.78, 5) is 12.1. The quantitative estimate of drug-likeness (QED) is 0.734. The molecule has 0 spiro atoms. The number of nitrogens with one attached hydrogen (secondary N) is 1. The summed E-state index contributed by atoms with van der Waals surface area (Å²) >= 11 is 0. The first-order chi connectivity index (χ1) is 7.79. The molecule has 0 aromatic heterocycles. The topological polar surface area (TPSA) is 55.1 Å². The van der Waals surface area contributed by atoms with Gasteiger partial charge < -0.3 is 11.1 Å². The third-order valence-corrected chi connectivity index (χ3v) is 2.26. The van der Waals surface area contributed by atoms with Gasteiger partial charge in [0.05, 0.1) is 5.70 Å². The molecule has 0 aliphatic carbocycles. The van der Waals surface area contributed by atoms with Gasteiger partial charge in [0.2, 0.25) is 5.78 Å². The zero-order valence-electron chi connectivity index (χ0n) is 8.68. The molecule has 3 heteroatoms. The van der Waals surface area contributed by atoms with Gasteiger partial charge in [0.1, 0.15) is 5.70 Å². The Morgan fingerprint density at radius 1 is 1.12 bits per heavy atom. The van der Waals surface area contributed by atoms with Gasteiger partial charge in [-0.05, 0) is 12.2 Å². The molecular formula is C13H12N2O. The monoisotopic (exact) mass is 212 g/mol. The molecule has 1 aromatic rings. The Morgan fingerprint density at radius 2 is 1.88 bits per heavy atom. The van der Waals surface area contributed by atoms with Gasteiger partial charge in [-0.2, -0.15) is 0 Å². The largest absolute Gasteiger partial charge is 0.397 e. The molecule has 0 saturated carbocycles. The van der Waals surface area contributed by atoms with Gasteiger partial charge in [-0.15, -0.1) is 0 Å². The molecule has 0 amide bonds. The Bertz CT molecular complexity index is 484. The predicted molar refractivity (Wildman–Crippen MR) is 63.4 cm³/mol. The highest BCUT2D eigenvalue weighted by atomic mass is 16.1. The lowest BCUT2D eigenvalue weighted by molar-refractivity contribution is 0.102. The van der Waals surface area contributed by atoms with Crippen LogP contribution in [0.15, 0.2) is 66.2 Å². The first-order valence-corrected chi connectivity index (χ1v) is 4.98. The highest BCUT2D eigenvalue weighted by Crippen LogP contribution is 2.10. The van der Waals surface area contributed by atoms with E-state index in [2.05, 4.69) is 5.32 Å². The molecule has 16 heavy (non-hydrogen) atoms. The molecule has 1 heterocycles. The molecule has 0 fully saturated rings. The fourth-order valence-electron chi connectivity index (χ4n) is 1.44. The minimum absolute atomic E-state index is 0.102. The van der Waals surface area contributed by atoms with Crippen molar-refractivity contribution in [3.8, 4) is 0 Å². The van der Waals surface area contributed by atoms with Crippen LogP contribution in [0.25, 0.3) is 0 Å². The maximum atomic E-state index is 12.1. The Kier molecular flexibility index (Phi) is 2.87.